The van der Waals surface area contributed by atoms with E-state index in [9.17, 15) is 4.79 Å². The molecule has 0 spiro atoms. The van der Waals surface area contributed by atoms with Crippen LogP contribution in [-0.4, -0.2) is 17.0 Å². The van der Waals surface area contributed by atoms with Gasteiger partial charge < -0.3 is 5.11 Å². The van der Waals surface area contributed by atoms with Gasteiger partial charge in [-0.2, -0.15) is 0 Å². The van der Waals surface area contributed by atoms with E-state index in [4.69, 9.17) is 16.7 Å². The number of hydrogen-bond donors (Lipinski definition) is 1. The molecule has 0 amide bonds. The largest absolute Gasteiger partial charge is 0.481 e. The molecule has 0 fully saturated rings. The van der Waals surface area contributed by atoms with Gasteiger partial charge in [0, 0.05) is 12.3 Å². The summed E-state index contributed by atoms with van der Waals surface area (Å²) in [5.41, 5.74) is 0. The molecule has 1 atom stereocenters. The van der Waals surface area contributed by atoms with Crippen LogP contribution in [-0.2, 0) is 4.79 Å². The Morgan fingerprint density at radius 1 is 1.70 bits per heavy atom. The highest BCUT2D eigenvalue weighted by atomic mass is 35.5. The van der Waals surface area contributed by atoms with E-state index in [0.29, 0.717) is 5.88 Å². The maximum absolute atomic E-state index is 10.2. The van der Waals surface area contributed by atoms with Gasteiger partial charge in [0.2, 0.25) is 0 Å². The van der Waals surface area contributed by atoms with Crippen molar-refractivity contribution < 1.29 is 9.90 Å². The molecule has 0 bridgehead atoms. The topological polar surface area (TPSA) is 37.3 Å². The Bertz CT molecular complexity index is 104. The molecule has 1 N–H and O–H groups in total. The summed E-state index contributed by atoms with van der Waals surface area (Å²) >= 11 is 5.53. The molecule has 60 valence electrons. The van der Waals surface area contributed by atoms with E-state index in [0.717, 1.165) is 12.8 Å². The summed E-state index contributed by atoms with van der Waals surface area (Å²) in [6.07, 6.45) is 2.12. The molecule has 2 nitrogen and oxygen atoms in total. The van der Waals surface area contributed by atoms with Crippen LogP contribution in [0.1, 0.15) is 26.2 Å². The Balaban J connectivity index is 3.49. The lowest BCUT2D eigenvalue weighted by atomic mass is 10.0. The molecule has 0 aromatic heterocycles. The van der Waals surface area contributed by atoms with Crippen LogP contribution < -0.4 is 0 Å². The van der Waals surface area contributed by atoms with Crippen molar-refractivity contribution in [1.82, 2.24) is 0 Å². The van der Waals surface area contributed by atoms with Gasteiger partial charge in [-0.05, 0) is 12.3 Å². The van der Waals surface area contributed by atoms with E-state index in [1.807, 2.05) is 6.92 Å². The van der Waals surface area contributed by atoms with E-state index in [1.54, 1.807) is 0 Å². The minimum Gasteiger partial charge on any atom is -0.481 e. The first kappa shape index (κ1) is 9.76. The van der Waals surface area contributed by atoms with Gasteiger partial charge in [0.1, 0.15) is 0 Å². The van der Waals surface area contributed by atoms with Crippen molar-refractivity contribution in [1.29, 1.82) is 0 Å². The predicted octanol–water partition coefficient (Wildman–Crippen LogP) is 2.12. The molecule has 0 heterocycles. The van der Waals surface area contributed by atoms with Gasteiger partial charge in [0.25, 0.3) is 0 Å². The monoisotopic (exact) mass is 164 g/mol. The fourth-order valence-corrected chi connectivity index (χ4v) is 1.15. The van der Waals surface area contributed by atoms with Crippen LogP contribution in [0.5, 0.6) is 0 Å². The quantitative estimate of drug-likeness (QED) is 0.632. The number of aliphatic carboxylic acids is 1. The highest BCUT2D eigenvalue weighted by Gasteiger charge is 2.09. The first-order valence-electron chi connectivity index (χ1n) is 3.48. The van der Waals surface area contributed by atoms with E-state index in [1.165, 1.54) is 0 Å². The van der Waals surface area contributed by atoms with E-state index >= 15 is 0 Å². The lowest BCUT2D eigenvalue weighted by Crippen LogP contribution is -2.08. The number of carbonyl (C=O) groups is 1. The highest BCUT2D eigenvalue weighted by Crippen LogP contribution is 2.12. The molecule has 0 saturated heterocycles. The van der Waals surface area contributed by atoms with Crippen molar-refractivity contribution in [2.45, 2.75) is 26.2 Å². The van der Waals surface area contributed by atoms with Crippen LogP contribution in [0.15, 0.2) is 0 Å². The standard InChI is InChI=1S/C7H13ClO2/c1-2-3-6(5-8)4-7(9)10/h6H,2-5H2,1H3,(H,9,10)/t6-/m0/s1. The molecular formula is C7H13ClO2. The maximum Gasteiger partial charge on any atom is 0.303 e. The fraction of sp³-hybridized carbons (Fsp3) is 0.857. The Kier molecular flexibility index (Phi) is 5.40. The first-order valence-corrected chi connectivity index (χ1v) is 4.01. The van der Waals surface area contributed by atoms with Gasteiger partial charge in [0.05, 0.1) is 0 Å². The number of halogens is 1. The minimum atomic E-state index is -0.751. The first-order chi connectivity index (χ1) is 4.70. The van der Waals surface area contributed by atoms with Gasteiger partial charge in [0.15, 0.2) is 0 Å². The molecular weight excluding hydrogens is 152 g/mol. The molecule has 0 aliphatic rings. The number of carboxylic acids is 1. The SMILES string of the molecule is CCC[C@H](CCl)CC(=O)O. The predicted molar refractivity (Wildman–Crippen MR) is 41.4 cm³/mol. The van der Waals surface area contributed by atoms with Gasteiger partial charge >= 0.3 is 5.97 Å². The van der Waals surface area contributed by atoms with Gasteiger partial charge in [-0.15, -0.1) is 11.6 Å². The third kappa shape index (κ3) is 4.62. The van der Waals surface area contributed by atoms with Crippen LogP contribution in [0.4, 0.5) is 0 Å². The molecule has 0 aliphatic heterocycles. The second-order valence-electron chi connectivity index (χ2n) is 2.41. The molecule has 0 unspecified atom stereocenters. The summed E-state index contributed by atoms with van der Waals surface area (Å²) in [4.78, 5) is 10.2. The smallest absolute Gasteiger partial charge is 0.303 e. The summed E-state index contributed by atoms with van der Waals surface area (Å²) in [6.45, 7) is 2.03. The lowest BCUT2D eigenvalue weighted by molar-refractivity contribution is -0.137. The maximum atomic E-state index is 10.2. The van der Waals surface area contributed by atoms with Crippen molar-refractivity contribution in [3.05, 3.63) is 0 Å². The fourth-order valence-electron chi connectivity index (χ4n) is 0.889. The summed E-state index contributed by atoms with van der Waals surface area (Å²) in [6, 6.07) is 0. The summed E-state index contributed by atoms with van der Waals surface area (Å²) < 4.78 is 0. The number of rotatable bonds is 5. The molecule has 0 aromatic rings. The van der Waals surface area contributed by atoms with Gasteiger partial charge in [-0.25, -0.2) is 0 Å². The Morgan fingerprint density at radius 3 is 2.60 bits per heavy atom. The van der Waals surface area contributed by atoms with Crippen molar-refractivity contribution in [3.63, 3.8) is 0 Å². The average molecular weight is 165 g/mol. The van der Waals surface area contributed by atoms with Gasteiger partial charge in [-0.3, -0.25) is 4.79 Å². The van der Waals surface area contributed by atoms with Crippen molar-refractivity contribution >= 4 is 17.6 Å². The lowest BCUT2D eigenvalue weighted by Gasteiger charge is -2.07. The van der Waals surface area contributed by atoms with Crippen molar-refractivity contribution in [2.75, 3.05) is 5.88 Å². The third-order valence-electron chi connectivity index (χ3n) is 1.38. The van der Waals surface area contributed by atoms with Crippen LogP contribution >= 0.6 is 11.6 Å². The zero-order valence-corrected chi connectivity index (χ0v) is 6.90. The number of carboxylic acid groups (broad SMARTS) is 1. The number of alkyl halides is 1. The summed E-state index contributed by atoms with van der Waals surface area (Å²) in [7, 11) is 0. The molecule has 0 saturated carbocycles. The van der Waals surface area contributed by atoms with Crippen molar-refractivity contribution in [3.8, 4) is 0 Å². The van der Waals surface area contributed by atoms with Crippen LogP contribution in [0.3, 0.4) is 0 Å². The van der Waals surface area contributed by atoms with E-state index < -0.39 is 5.97 Å². The molecule has 0 aliphatic carbocycles. The zero-order chi connectivity index (χ0) is 7.98. The average Bonchev–Trinajstić information content (AvgIpc) is 1.86. The molecule has 10 heavy (non-hydrogen) atoms. The molecule has 3 heteroatoms. The normalized spacial score (nSPS) is 13.0. The zero-order valence-electron chi connectivity index (χ0n) is 6.14. The molecule has 0 aromatic carbocycles. The van der Waals surface area contributed by atoms with E-state index in [-0.39, 0.29) is 12.3 Å². The number of hydrogen-bond acceptors (Lipinski definition) is 1. The van der Waals surface area contributed by atoms with E-state index in [2.05, 4.69) is 0 Å². The highest BCUT2D eigenvalue weighted by molar-refractivity contribution is 6.18. The summed E-state index contributed by atoms with van der Waals surface area (Å²) in [5.74, 6) is -0.136. The van der Waals surface area contributed by atoms with Crippen LogP contribution in [0.25, 0.3) is 0 Å². The molecule has 0 rings (SSSR count). The third-order valence-corrected chi connectivity index (χ3v) is 1.81. The summed E-state index contributed by atoms with van der Waals surface area (Å²) in [5, 5.41) is 8.38. The molecule has 0 radical (unpaired) electrons. The van der Waals surface area contributed by atoms with Crippen molar-refractivity contribution in [2.24, 2.45) is 5.92 Å². The minimum absolute atomic E-state index is 0.157. The Morgan fingerprint density at radius 2 is 2.30 bits per heavy atom. The Labute approximate surface area is 66.2 Å². The van der Waals surface area contributed by atoms with Crippen LogP contribution in [0.2, 0.25) is 0 Å². The van der Waals surface area contributed by atoms with Crippen LogP contribution in [0, 0.1) is 5.92 Å². The second kappa shape index (κ2) is 5.54. The Hall–Kier alpha value is -0.240. The second-order valence-corrected chi connectivity index (χ2v) is 2.72. The van der Waals surface area contributed by atoms with Gasteiger partial charge in [-0.1, -0.05) is 13.3 Å².